The standard InChI is InChI=1S/C15H22N4O3/c1-15(2,11-16)6-3-7-17-14-10-12(19(21)22)4-5-13(14)18-8-9-20/h4-5,10,17-18,20H,3,6-9H2,1-2H3. The third kappa shape index (κ3) is 5.58. The minimum Gasteiger partial charge on any atom is -0.395 e. The van der Waals surface area contributed by atoms with Crippen molar-refractivity contribution < 1.29 is 10.0 Å². The molecule has 120 valence electrons. The molecule has 7 heteroatoms. The molecule has 0 bridgehead atoms. The quantitative estimate of drug-likeness (QED) is 0.367. The zero-order chi connectivity index (χ0) is 16.6. The first kappa shape index (κ1) is 17.7. The van der Waals surface area contributed by atoms with Crippen LogP contribution in [0.3, 0.4) is 0 Å². The molecule has 0 unspecified atom stereocenters. The number of rotatable bonds is 9. The largest absolute Gasteiger partial charge is 0.395 e. The molecule has 0 aliphatic heterocycles. The van der Waals surface area contributed by atoms with E-state index in [4.69, 9.17) is 10.4 Å². The zero-order valence-corrected chi connectivity index (χ0v) is 12.9. The Morgan fingerprint density at radius 2 is 2.00 bits per heavy atom. The number of hydrogen-bond acceptors (Lipinski definition) is 6. The fourth-order valence-corrected chi connectivity index (χ4v) is 1.95. The molecule has 0 atom stereocenters. The smallest absolute Gasteiger partial charge is 0.271 e. The SMILES string of the molecule is CC(C)(C#N)CCCNc1cc([N+](=O)[O-])ccc1NCCO. The second-order valence-corrected chi connectivity index (χ2v) is 5.66. The number of aliphatic hydroxyl groups excluding tert-OH is 1. The van der Waals surface area contributed by atoms with Gasteiger partial charge in [0, 0.05) is 25.2 Å². The van der Waals surface area contributed by atoms with Gasteiger partial charge in [0.15, 0.2) is 0 Å². The molecule has 22 heavy (non-hydrogen) atoms. The van der Waals surface area contributed by atoms with Crippen molar-refractivity contribution in [3.05, 3.63) is 28.3 Å². The Balaban J connectivity index is 2.71. The highest BCUT2D eigenvalue weighted by Gasteiger charge is 2.16. The Kier molecular flexibility index (Phi) is 6.60. The molecular weight excluding hydrogens is 284 g/mol. The maximum atomic E-state index is 10.9. The highest BCUT2D eigenvalue weighted by Crippen LogP contribution is 2.27. The summed E-state index contributed by atoms with van der Waals surface area (Å²) in [5, 5.41) is 34.9. The number of benzene rings is 1. The Morgan fingerprint density at radius 1 is 1.32 bits per heavy atom. The summed E-state index contributed by atoms with van der Waals surface area (Å²) in [5.74, 6) is 0. The number of nitro groups is 1. The van der Waals surface area contributed by atoms with E-state index in [1.807, 2.05) is 13.8 Å². The maximum absolute atomic E-state index is 10.9. The normalized spacial score (nSPS) is 10.8. The summed E-state index contributed by atoms with van der Waals surface area (Å²) in [4.78, 5) is 10.4. The maximum Gasteiger partial charge on any atom is 0.271 e. The number of non-ortho nitro benzene ring substituents is 1. The molecule has 0 fully saturated rings. The second kappa shape index (κ2) is 8.20. The van der Waals surface area contributed by atoms with Crippen molar-refractivity contribution in [3.8, 4) is 6.07 Å². The molecule has 0 aliphatic carbocycles. The topological polar surface area (TPSA) is 111 Å². The van der Waals surface area contributed by atoms with Gasteiger partial charge in [-0.3, -0.25) is 10.1 Å². The van der Waals surface area contributed by atoms with Crippen LogP contribution in [0.4, 0.5) is 17.1 Å². The lowest BCUT2D eigenvalue weighted by molar-refractivity contribution is -0.384. The van der Waals surface area contributed by atoms with Crippen LogP contribution in [0.2, 0.25) is 0 Å². The van der Waals surface area contributed by atoms with E-state index in [-0.39, 0.29) is 17.7 Å². The molecule has 7 nitrogen and oxygen atoms in total. The molecule has 0 saturated heterocycles. The third-order valence-electron chi connectivity index (χ3n) is 3.24. The molecular formula is C15H22N4O3. The number of nitrogens with one attached hydrogen (secondary N) is 2. The zero-order valence-electron chi connectivity index (χ0n) is 12.9. The molecule has 0 spiro atoms. The minimum atomic E-state index is -0.445. The van der Waals surface area contributed by atoms with E-state index in [1.54, 1.807) is 6.07 Å². The first-order valence-electron chi connectivity index (χ1n) is 7.18. The first-order valence-corrected chi connectivity index (χ1v) is 7.18. The summed E-state index contributed by atoms with van der Waals surface area (Å²) in [6.07, 6.45) is 1.52. The highest BCUT2D eigenvalue weighted by atomic mass is 16.6. The van der Waals surface area contributed by atoms with E-state index < -0.39 is 4.92 Å². The van der Waals surface area contributed by atoms with Crippen molar-refractivity contribution in [1.82, 2.24) is 0 Å². The molecule has 0 aromatic heterocycles. The van der Waals surface area contributed by atoms with Gasteiger partial charge in [-0.2, -0.15) is 5.26 Å². The van der Waals surface area contributed by atoms with Gasteiger partial charge in [-0.15, -0.1) is 0 Å². The van der Waals surface area contributed by atoms with Crippen molar-refractivity contribution in [3.63, 3.8) is 0 Å². The summed E-state index contributed by atoms with van der Waals surface area (Å²) >= 11 is 0. The van der Waals surface area contributed by atoms with Gasteiger partial charge in [0.1, 0.15) is 0 Å². The van der Waals surface area contributed by atoms with E-state index in [2.05, 4.69) is 16.7 Å². The van der Waals surface area contributed by atoms with Gasteiger partial charge in [-0.1, -0.05) is 0 Å². The summed E-state index contributed by atoms with van der Waals surface area (Å²) < 4.78 is 0. The van der Waals surface area contributed by atoms with Crippen molar-refractivity contribution in [2.45, 2.75) is 26.7 Å². The van der Waals surface area contributed by atoms with Crippen molar-refractivity contribution in [1.29, 1.82) is 5.26 Å². The lowest BCUT2D eigenvalue weighted by Crippen LogP contribution is -2.13. The molecule has 0 aliphatic rings. The Hall–Kier alpha value is -2.33. The van der Waals surface area contributed by atoms with E-state index in [1.165, 1.54) is 12.1 Å². The lowest BCUT2D eigenvalue weighted by atomic mass is 9.90. The molecule has 3 N–H and O–H groups in total. The summed E-state index contributed by atoms with van der Waals surface area (Å²) in [5.41, 5.74) is 0.966. The molecule has 1 rings (SSSR count). The fraction of sp³-hybridized carbons (Fsp3) is 0.533. The van der Waals surface area contributed by atoms with Crippen LogP contribution in [-0.4, -0.2) is 29.7 Å². The van der Waals surface area contributed by atoms with Crippen LogP contribution in [0.25, 0.3) is 0 Å². The lowest BCUT2D eigenvalue weighted by Gasteiger charge is -2.16. The minimum absolute atomic E-state index is 0.00871. The molecule has 0 radical (unpaired) electrons. The molecule has 1 aromatic carbocycles. The van der Waals surface area contributed by atoms with Gasteiger partial charge >= 0.3 is 0 Å². The Labute approximate surface area is 130 Å². The monoisotopic (exact) mass is 306 g/mol. The van der Waals surface area contributed by atoms with E-state index >= 15 is 0 Å². The van der Waals surface area contributed by atoms with Crippen LogP contribution < -0.4 is 10.6 Å². The third-order valence-corrected chi connectivity index (χ3v) is 3.24. The first-order chi connectivity index (χ1) is 10.4. The predicted molar refractivity (Wildman–Crippen MR) is 85.8 cm³/mol. The second-order valence-electron chi connectivity index (χ2n) is 5.66. The van der Waals surface area contributed by atoms with E-state index in [9.17, 15) is 10.1 Å². The number of nitro benzene ring substituents is 1. The van der Waals surface area contributed by atoms with Crippen molar-refractivity contribution in [2.24, 2.45) is 5.41 Å². The molecule has 0 amide bonds. The van der Waals surface area contributed by atoms with Gasteiger partial charge in [-0.25, -0.2) is 0 Å². The Morgan fingerprint density at radius 3 is 2.59 bits per heavy atom. The van der Waals surface area contributed by atoms with Gasteiger partial charge in [-0.05, 0) is 32.8 Å². The fourth-order valence-electron chi connectivity index (χ4n) is 1.95. The van der Waals surface area contributed by atoms with E-state index in [0.29, 0.717) is 24.5 Å². The number of hydrogen-bond donors (Lipinski definition) is 3. The van der Waals surface area contributed by atoms with Crippen LogP contribution in [0.5, 0.6) is 0 Å². The molecule has 0 saturated carbocycles. The van der Waals surface area contributed by atoms with Crippen molar-refractivity contribution in [2.75, 3.05) is 30.3 Å². The average molecular weight is 306 g/mol. The molecule has 0 heterocycles. The van der Waals surface area contributed by atoms with Crippen molar-refractivity contribution >= 4 is 17.1 Å². The van der Waals surface area contributed by atoms with Crippen LogP contribution in [0.1, 0.15) is 26.7 Å². The number of nitrogens with zero attached hydrogens (tertiary/aromatic N) is 2. The van der Waals surface area contributed by atoms with Crippen LogP contribution in [-0.2, 0) is 0 Å². The predicted octanol–water partition coefficient (Wildman–Crippen LogP) is 2.74. The average Bonchev–Trinajstić information content (AvgIpc) is 2.49. The number of nitriles is 1. The van der Waals surface area contributed by atoms with Crippen LogP contribution >= 0.6 is 0 Å². The summed E-state index contributed by atoms with van der Waals surface area (Å²) in [6, 6.07) is 6.75. The number of anilines is 2. The number of aliphatic hydroxyl groups is 1. The van der Waals surface area contributed by atoms with Crippen LogP contribution in [0, 0.1) is 26.9 Å². The summed E-state index contributed by atoms with van der Waals surface area (Å²) in [6.45, 7) is 4.73. The van der Waals surface area contributed by atoms with E-state index in [0.717, 1.165) is 12.8 Å². The van der Waals surface area contributed by atoms with Gasteiger partial charge in [0.05, 0.1) is 34.4 Å². The van der Waals surface area contributed by atoms with Crippen LogP contribution in [0.15, 0.2) is 18.2 Å². The summed E-state index contributed by atoms with van der Waals surface area (Å²) in [7, 11) is 0. The highest BCUT2D eigenvalue weighted by molar-refractivity contribution is 5.71. The van der Waals surface area contributed by atoms with Gasteiger partial charge in [0.2, 0.25) is 0 Å². The van der Waals surface area contributed by atoms with Gasteiger partial charge in [0.25, 0.3) is 5.69 Å². The molecule has 1 aromatic rings. The Bertz CT molecular complexity index is 552. The van der Waals surface area contributed by atoms with Gasteiger partial charge < -0.3 is 15.7 Å².